The first-order chi connectivity index (χ1) is 8.58. The van der Waals surface area contributed by atoms with E-state index in [0.29, 0.717) is 17.9 Å². The number of nitrogens with one attached hydrogen (secondary N) is 1. The third kappa shape index (κ3) is 3.20. The summed E-state index contributed by atoms with van der Waals surface area (Å²) in [6.45, 7) is 0. The molecule has 0 aromatic heterocycles. The summed E-state index contributed by atoms with van der Waals surface area (Å²) >= 11 is 7.69. The summed E-state index contributed by atoms with van der Waals surface area (Å²) in [5, 5.41) is 2.90. The smallest absolute Gasteiger partial charge is 0.225 e. The number of benzene rings is 1. The molecule has 1 N–H and O–H groups in total. The number of hydrogen-bond acceptors (Lipinski definition) is 3. The van der Waals surface area contributed by atoms with Crippen molar-refractivity contribution in [1.29, 1.82) is 0 Å². The molecule has 0 aliphatic heterocycles. The monoisotopic (exact) mass is 329 g/mol. The van der Waals surface area contributed by atoms with Crippen LogP contribution in [-0.4, -0.2) is 18.8 Å². The van der Waals surface area contributed by atoms with Gasteiger partial charge in [-0.05, 0) is 42.2 Å². The molecule has 3 nitrogen and oxygen atoms in total. The lowest BCUT2D eigenvalue weighted by molar-refractivity contribution is -0.117. The molecule has 0 bridgehead atoms. The van der Waals surface area contributed by atoms with E-state index >= 15 is 0 Å². The van der Waals surface area contributed by atoms with Crippen LogP contribution in [0.1, 0.15) is 19.3 Å². The molecule has 0 atom stereocenters. The fourth-order valence-corrected chi connectivity index (χ4v) is 2.67. The second kappa shape index (κ2) is 5.53. The number of halogens is 1. The molecule has 18 heavy (non-hydrogen) atoms. The van der Waals surface area contributed by atoms with Crippen LogP contribution < -0.4 is 10.1 Å². The maximum absolute atomic E-state index is 12.0. The lowest BCUT2D eigenvalue weighted by atomic mass is 10.1. The summed E-state index contributed by atoms with van der Waals surface area (Å²) in [6.07, 6.45) is 2.73. The summed E-state index contributed by atoms with van der Waals surface area (Å²) in [4.78, 5) is 12.0. The Balaban J connectivity index is 2.04. The number of carbonyl (C=O) groups is 1. The fourth-order valence-electron chi connectivity index (χ4n) is 1.88. The van der Waals surface area contributed by atoms with Crippen molar-refractivity contribution < 1.29 is 9.53 Å². The van der Waals surface area contributed by atoms with E-state index in [4.69, 9.17) is 4.74 Å². The van der Waals surface area contributed by atoms with Gasteiger partial charge in [-0.15, -0.1) is 0 Å². The maximum Gasteiger partial charge on any atom is 0.225 e. The topological polar surface area (TPSA) is 38.3 Å². The molecule has 1 aromatic carbocycles. The largest absolute Gasteiger partial charge is 0.495 e. The molecule has 98 valence electrons. The van der Waals surface area contributed by atoms with Crippen LogP contribution in [0.5, 0.6) is 5.75 Å². The van der Waals surface area contributed by atoms with Gasteiger partial charge in [0.05, 0.1) is 12.8 Å². The number of anilines is 1. The quantitative estimate of drug-likeness (QED) is 0.811. The molecule has 0 radical (unpaired) electrons. The van der Waals surface area contributed by atoms with Crippen LogP contribution in [0.15, 0.2) is 22.7 Å². The summed E-state index contributed by atoms with van der Waals surface area (Å²) < 4.78 is 6.13. The first-order valence-electron chi connectivity index (χ1n) is 5.83. The standard InChI is InChI=1S/C13H16BrNO2S/c1-17-11-3-2-9(14)6-10(11)15-12(16)7-13(8-18)4-5-13/h2-3,6,18H,4-5,7-8H2,1H3,(H,15,16). The van der Waals surface area contributed by atoms with Crippen LogP contribution in [0.2, 0.25) is 0 Å². The number of thiol groups is 1. The highest BCUT2D eigenvalue weighted by Gasteiger charge is 2.42. The zero-order valence-corrected chi connectivity index (χ0v) is 12.7. The van der Waals surface area contributed by atoms with Crippen molar-refractivity contribution in [2.75, 3.05) is 18.2 Å². The zero-order valence-electron chi connectivity index (χ0n) is 10.2. The number of carbonyl (C=O) groups excluding carboxylic acids is 1. The second-order valence-corrected chi connectivity index (χ2v) is 5.96. The highest BCUT2D eigenvalue weighted by Crippen LogP contribution is 2.49. The molecule has 1 amide bonds. The Morgan fingerprint density at radius 1 is 1.56 bits per heavy atom. The predicted molar refractivity (Wildman–Crippen MR) is 79.5 cm³/mol. The van der Waals surface area contributed by atoms with E-state index in [1.807, 2.05) is 18.2 Å². The van der Waals surface area contributed by atoms with Crippen LogP contribution in [0, 0.1) is 5.41 Å². The van der Waals surface area contributed by atoms with Gasteiger partial charge in [0.15, 0.2) is 0 Å². The third-order valence-electron chi connectivity index (χ3n) is 3.26. The minimum atomic E-state index is 0.0259. The van der Waals surface area contributed by atoms with Crippen LogP contribution in [0.25, 0.3) is 0 Å². The minimum Gasteiger partial charge on any atom is -0.495 e. The van der Waals surface area contributed by atoms with E-state index < -0.39 is 0 Å². The number of rotatable bonds is 5. The van der Waals surface area contributed by atoms with E-state index in [9.17, 15) is 4.79 Å². The number of methoxy groups -OCH3 is 1. The Bertz CT molecular complexity index is 460. The lowest BCUT2D eigenvalue weighted by Crippen LogP contribution is -2.18. The molecule has 0 heterocycles. The molecule has 0 spiro atoms. The Morgan fingerprint density at radius 3 is 2.83 bits per heavy atom. The van der Waals surface area contributed by atoms with Gasteiger partial charge in [0.2, 0.25) is 5.91 Å². The van der Waals surface area contributed by atoms with Crippen molar-refractivity contribution in [1.82, 2.24) is 0 Å². The molecule has 1 aliphatic carbocycles. The van der Waals surface area contributed by atoms with Gasteiger partial charge in [0.1, 0.15) is 5.75 Å². The van der Waals surface area contributed by atoms with Crippen LogP contribution in [0.4, 0.5) is 5.69 Å². The number of ether oxygens (including phenoxy) is 1. The van der Waals surface area contributed by atoms with Crippen molar-refractivity contribution >= 4 is 40.2 Å². The van der Waals surface area contributed by atoms with E-state index in [-0.39, 0.29) is 11.3 Å². The normalized spacial score (nSPS) is 16.2. The van der Waals surface area contributed by atoms with Crippen LogP contribution in [-0.2, 0) is 4.79 Å². The SMILES string of the molecule is COc1ccc(Br)cc1NC(=O)CC1(CS)CC1. The zero-order chi connectivity index (χ0) is 13.2. The molecule has 0 saturated heterocycles. The molecule has 1 aromatic rings. The highest BCUT2D eigenvalue weighted by atomic mass is 79.9. The average molecular weight is 330 g/mol. The van der Waals surface area contributed by atoms with E-state index in [1.165, 1.54) is 0 Å². The Hall–Kier alpha value is -0.680. The summed E-state index contributed by atoms with van der Waals surface area (Å²) in [5.74, 6) is 1.47. The summed E-state index contributed by atoms with van der Waals surface area (Å²) in [6, 6.07) is 5.55. The number of hydrogen-bond donors (Lipinski definition) is 2. The first kappa shape index (κ1) is 13.7. The summed E-state index contributed by atoms with van der Waals surface area (Å²) in [7, 11) is 1.59. The summed E-state index contributed by atoms with van der Waals surface area (Å²) in [5.41, 5.74) is 0.832. The predicted octanol–water partition coefficient (Wildman–Crippen LogP) is 3.50. The van der Waals surface area contributed by atoms with Gasteiger partial charge in [0, 0.05) is 10.9 Å². The van der Waals surface area contributed by atoms with Gasteiger partial charge in [-0.25, -0.2) is 0 Å². The molecular formula is C13H16BrNO2S. The van der Waals surface area contributed by atoms with Crippen LogP contribution >= 0.6 is 28.6 Å². The van der Waals surface area contributed by atoms with Crippen molar-refractivity contribution in [2.45, 2.75) is 19.3 Å². The van der Waals surface area contributed by atoms with E-state index in [2.05, 4.69) is 33.9 Å². The first-order valence-corrected chi connectivity index (χ1v) is 7.25. The fraction of sp³-hybridized carbons (Fsp3) is 0.462. The number of amides is 1. The minimum absolute atomic E-state index is 0.0259. The van der Waals surface area contributed by atoms with Gasteiger partial charge in [-0.1, -0.05) is 15.9 Å². The van der Waals surface area contributed by atoms with Gasteiger partial charge in [0.25, 0.3) is 0 Å². The molecular weight excluding hydrogens is 314 g/mol. The lowest BCUT2D eigenvalue weighted by Gasteiger charge is -2.14. The van der Waals surface area contributed by atoms with E-state index in [1.54, 1.807) is 7.11 Å². The second-order valence-electron chi connectivity index (χ2n) is 4.73. The van der Waals surface area contributed by atoms with Crippen molar-refractivity contribution in [2.24, 2.45) is 5.41 Å². The Morgan fingerprint density at radius 2 is 2.28 bits per heavy atom. The van der Waals surface area contributed by atoms with Crippen molar-refractivity contribution in [3.63, 3.8) is 0 Å². The van der Waals surface area contributed by atoms with Crippen molar-refractivity contribution in [3.8, 4) is 5.75 Å². The molecule has 0 unspecified atom stereocenters. The molecule has 1 saturated carbocycles. The van der Waals surface area contributed by atoms with Gasteiger partial charge < -0.3 is 10.1 Å². The van der Waals surface area contributed by atoms with Crippen LogP contribution in [0.3, 0.4) is 0 Å². The van der Waals surface area contributed by atoms with Gasteiger partial charge >= 0.3 is 0 Å². The van der Waals surface area contributed by atoms with E-state index in [0.717, 1.165) is 23.1 Å². The molecule has 1 fully saturated rings. The third-order valence-corrected chi connectivity index (χ3v) is 4.43. The molecule has 2 rings (SSSR count). The Labute approximate surface area is 121 Å². The Kier molecular flexibility index (Phi) is 4.22. The maximum atomic E-state index is 12.0. The highest BCUT2D eigenvalue weighted by molar-refractivity contribution is 9.10. The average Bonchev–Trinajstić information content (AvgIpc) is 3.09. The van der Waals surface area contributed by atoms with Gasteiger partial charge in [-0.3, -0.25) is 4.79 Å². The van der Waals surface area contributed by atoms with Crippen molar-refractivity contribution in [3.05, 3.63) is 22.7 Å². The van der Waals surface area contributed by atoms with Gasteiger partial charge in [-0.2, -0.15) is 12.6 Å². The molecule has 5 heteroatoms. The molecule has 1 aliphatic rings.